The Morgan fingerprint density at radius 3 is 2.76 bits per heavy atom. The van der Waals surface area contributed by atoms with Gasteiger partial charge in [-0.2, -0.15) is 0 Å². The fourth-order valence-electron chi connectivity index (χ4n) is 1.52. The molecular formula is C14H22BrNS. The second kappa shape index (κ2) is 8.17. The summed E-state index contributed by atoms with van der Waals surface area (Å²) >= 11 is 5.50. The number of rotatable bonds is 7. The largest absolute Gasteiger partial charge is 0.312 e. The van der Waals surface area contributed by atoms with Crippen molar-refractivity contribution in [2.24, 2.45) is 5.92 Å². The Hall–Kier alpha value is 0.01000. The summed E-state index contributed by atoms with van der Waals surface area (Å²) in [6.07, 6.45) is 1.22. The van der Waals surface area contributed by atoms with E-state index in [4.69, 9.17) is 0 Å². The maximum absolute atomic E-state index is 3.55. The minimum atomic E-state index is 0.706. The predicted octanol–water partition coefficient (Wildman–Crippen LogP) is 4.70. The van der Waals surface area contributed by atoms with Crippen LogP contribution in [0.15, 0.2) is 27.6 Å². The van der Waals surface area contributed by atoms with Crippen LogP contribution in [0.2, 0.25) is 0 Å². The Morgan fingerprint density at radius 1 is 1.35 bits per heavy atom. The van der Waals surface area contributed by atoms with Gasteiger partial charge in [-0.25, -0.2) is 0 Å². The molecule has 1 rings (SSSR count). The molecule has 1 aromatic carbocycles. The third kappa shape index (κ3) is 5.94. The summed E-state index contributed by atoms with van der Waals surface area (Å²) in [6.45, 7) is 8.75. The van der Waals surface area contributed by atoms with E-state index in [1.807, 2.05) is 11.8 Å². The van der Waals surface area contributed by atoms with Gasteiger partial charge in [0.15, 0.2) is 0 Å². The lowest BCUT2D eigenvalue weighted by molar-refractivity contribution is 0.550. The van der Waals surface area contributed by atoms with Gasteiger partial charge in [0.05, 0.1) is 0 Å². The molecule has 96 valence electrons. The Labute approximate surface area is 118 Å². The number of halogens is 1. The SMILES string of the molecule is CCCSc1cc(Br)ccc1CNCC(C)C. The van der Waals surface area contributed by atoms with Gasteiger partial charge in [0, 0.05) is 15.9 Å². The molecule has 1 aromatic rings. The standard InChI is InChI=1S/C14H22BrNS/c1-4-7-17-14-8-13(15)6-5-12(14)10-16-9-11(2)3/h5-6,8,11,16H,4,7,9-10H2,1-3H3. The van der Waals surface area contributed by atoms with E-state index >= 15 is 0 Å². The molecule has 0 bridgehead atoms. The highest BCUT2D eigenvalue weighted by Gasteiger charge is 2.04. The van der Waals surface area contributed by atoms with Crippen molar-refractivity contribution in [3.8, 4) is 0 Å². The average molecular weight is 316 g/mol. The second-order valence-electron chi connectivity index (χ2n) is 4.63. The first-order chi connectivity index (χ1) is 8.13. The van der Waals surface area contributed by atoms with Crippen LogP contribution in [0.3, 0.4) is 0 Å². The Morgan fingerprint density at radius 2 is 2.12 bits per heavy atom. The van der Waals surface area contributed by atoms with E-state index in [1.165, 1.54) is 27.1 Å². The molecule has 0 aliphatic rings. The zero-order valence-electron chi connectivity index (χ0n) is 10.9. The van der Waals surface area contributed by atoms with Gasteiger partial charge in [-0.1, -0.05) is 42.8 Å². The van der Waals surface area contributed by atoms with Crippen LogP contribution in [-0.2, 0) is 6.54 Å². The lowest BCUT2D eigenvalue weighted by atomic mass is 10.2. The van der Waals surface area contributed by atoms with E-state index in [-0.39, 0.29) is 0 Å². The van der Waals surface area contributed by atoms with Crippen LogP contribution in [-0.4, -0.2) is 12.3 Å². The smallest absolute Gasteiger partial charge is 0.0216 e. The summed E-state index contributed by atoms with van der Waals surface area (Å²) < 4.78 is 1.17. The van der Waals surface area contributed by atoms with Crippen LogP contribution in [0.1, 0.15) is 32.8 Å². The van der Waals surface area contributed by atoms with Crippen molar-refractivity contribution >= 4 is 27.7 Å². The molecule has 1 N–H and O–H groups in total. The van der Waals surface area contributed by atoms with Gasteiger partial charge in [0.25, 0.3) is 0 Å². The highest BCUT2D eigenvalue weighted by Crippen LogP contribution is 2.27. The molecule has 0 fully saturated rings. The first-order valence-electron chi connectivity index (χ1n) is 6.25. The molecule has 0 saturated carbocycles. The number of hydrogen-bond acceptors (Lipinski definition) is 2. The monoisotopic (exact) mass is 315 g/mol. The zero-order valence-corrected chi connectivity index (χ0v) is 13.3. The number of benzene rings is 1. The van der Waals surface area contributed by atoms with Crippen molar-refractivity contribution in [1.82, 2.24) is 5.32 Å². The van der Waals surface area contributed by atoms with Crippen LogP contribution >= 0.6 is 27.7 Å². The van der Waals surface area contributed by atoms with Crippen LogP contribution in [0.25, 0.3) is 0 Å². The summed E-state index contributed by atoms with van der Waals surface area (Å²) in [7, 11) is 0. The maximum atomic E-state index is 3.55. The van der Waals surface area contributed by atoms with E-state index < -0.39 is 0 Å². The van der Waals surface area contributed by atoms with Crippen LogP contribution < -0.4 is 5.32 Å². The second-order valence-corrected chi connectivity index (χ2v) is 6.68. The first-order valence-corrected chi connectivity index (χ1v) is 8.03. The van der Waals surface area contributed by atoms with Crippen molar-refractivity contribution in [2.75, 3.05) is 12.3 Å². The van der Waals surface area contributed by atoms with Crippen molar-refractivity contribution in [3.05, 3.63) is 28.2 Å². The Kier molecular flexibility index (Phi) is 7.24. The van der Waals surface area contributed by atoms with Crippen LogP contribution in [0, 0.1) is 5.92 Å². The molecule has 0 amide bonds. The summed E-state index contributed by atoms with van der Waals surface area (Å²) in [4.78, 5) is 1.40. The molecule has 3 heteroatoms. The molecule has 0 aliphatic carbocycles. The molecule has 0 saturated heterocycles. The number of hydrogen-bond donors (Lipinski definition) is 1. The van der Waals surface area contributed by atoms with Gasteiger partial charge in [-0.3, -0.25) is 0 Å². The third-order valence-electron chi connectivity index (χ3n) is 2.36. The van der Waals surface area contributed by atoms with Crippen molar-refractivity contribution in [1.29, 1.82) is 0 Å². The fraction of sp³-hybridized carbons (Fsp3) is 0.571. The van der Waals surface area contributed by atoms with Gasteiger partial charge >= 0.3 is 0 Å². The average Bonchev–Trinajstić information content (AvgIpc) is 2.28. The van der Waals surface area contributed by atoms with Crippen molar-refractivity contribution < 1.29 is 0 Å². The number of thioether (sulfide) groups is 1. The van der Waals surface area contributed by atoms with Gasteiger partial charge in [-0.15, -0.1) is 11.8 Å². The minimum absolute atomic E-state index is 0.706. The summed E-state index contributed by atoms with van der Waals surface area (Å²) in [5.41, 5.74) is 1.41. The van der Waals surface area contributed by atoms with E-state index in [1.54, 1.807) is 0 Å². The lowest BCUT2D eigenvalue weighted by Gasteiger charge is -2.12. The molecule has 0 heterocycles. The van der Waals surface area contributed by atoms with Crippen molar-refractivity contribution in [3.63, 3.8) is 0 Å². The van der Waals surface area contributed by atoms with E-state index in [0.717, 1.165) is 13.1 Å². The zero-order chi connectivity index (χ0) is 12.7. The van der Waals surface area contributed by atoms with Crippen LogP contribution in [0.4, 0.5) is 0 Å². The topological polar surface area (TPSA) is 12.0 Å². The summed E-state index contributed by atoms with van der Waals surface area (Å²) in [5, 5.41) is 3.51. The summed E-state index contributed by atoms with van der Waals surface area (Å²) in [5.74, 6) is 1.89. The highest BCUT2D eigenvalue weighted by molar-refractivity contribution is 9.10. The summed E-state index contributed by atoms with van der Waals surface area (Å²) in [6, 6.07) is 6.57. The molecule has 0 radical (unpaired) electrons. The van der Waals surface area contributed by atoms with Gasteiger partial charge in [0.2, 0.25) is 0 Å². The normalized spacial score (nSPS) is 11.1. The van der Waals surface area contributed by atoms with Gasteiger partial charge < -0.3 is 5.32 Å². The molecule has 17 heavy (non-hydrogen) atoms. The lowest BCUT2D eigenvalue weighted by Crippen LogP contribution is -2.19. The van der Waals surface area contributed by atoms with E-state index in [0.29, 0.717) is 5.92 Å². The predicted molar refractivity (Wildman–Crippen MR) is 81.7 cm³/mol. The van der Waals surface area contributed by atoms with Crippen molar-refractivity contribution in [2.45, 2.75) is 38.6 Å². The first kappa shape index (κ1) is 15.1. The van der Waals surface area contributed by atoms with E-state index in [2.05, 4.69) is 60.2 Å². The third-order valence-corrected chi connectivity index (χ3v) is 4.16. The van der Waals surface area contributed by atoms with E-state index in [9.17, 15) is 0 Å². The number of nitrogens with one attached hydrogen (secondary N) is 1. The molecule has 1 nitrogen and oxygen atoms in total. The molecular weight excluding hydrogens is 294 g/mol. The Bertz CT molecular complexity index is 339. The van der Waals surface area contributed by atoms with Gasteiger partial charge in [-0.05, 0) is 42.3 Å². The molecule has 0 unspecified atom stereocenters. The molecule has 0 spiro atoms. The molecule has 0 aliphatic heterocycles. The minimum Gasteiger partial charge on any atom is -0.312 e. The van der Waals surface area contributed by atoms with Gasteiger partial charge in [0.1, 0.15) is 0 Å². The maximum Gasteiger partial charge on any atom is 0.0216 e. The Balaban J connectivity index is 2.62. The molecule has 0 aromatic heterocycles. The van der Waals surface area contributed by atoms with Crippen LogP contribution in [0.5, 0.6) is 0 Å². The quantitative estimate of drug-likeness (QED) is 0.732. The molecule has 0 atom stereocenters. The highest BCUT2D eigenvalue weighted by atomic mass is 79.9. The fourth-order valence-corrected chi connectivity index (χ4v) is 2.99.